The molecule has 0 amide bonds. The van der Waals surface area contributed by atoms with Crippen LogP contribution in [0.3, 0.4) is 0 Å². The molecule has 0 bridgehead atoms. The molecule has 0 saturated carbocycles. The Kier molecular flexibility index (Phi) is 3.63. The van der Waals surface area contributed by atoms with Crippen LogP contribution in [0, 0.1) is 0 Å². The Bertz CT molecular complexity index is 806. The maximum atomic E-state index is 11.4. The third-order valence-corrected chi connectivity index (χ3v) is 9.44. The van der Waals surface area contributed by atoms with Crippen molar-refractivity contribution in [2.24, 2.45) is 10.3 Å². The van der Waals surface area contributed by atoms with E-state index in [1.807, 2.05) is 43.1 Å². The molecule has 0 saturated heterocycles. The van der Waals surface area contributed by atoms with Gasteiger partial charge in [0.15, 0.2) is 0 Å². The monoisotopic (exact) mass is 332 g/mol. The van der Waals surface area contributed by atoms with Crippen LogP contribution < -0.4 is 15.5 Å². The van der Waals surface area contributed by atoms with Crippen LogP contribution in [0.1, 0.15) is 6.92 Å². The molecule has 0 radical (unpaired) electrons. The minimum atomic E-state index is -3.69. The van der Waals surface area contributed by atoms with Gasteiger partial charge in [0.1, 0.15) is 5.73 Å². The average molecular weight is 332 g/mol. The highest BCUT2D eigenvalue weighted by molar-refractivity contribution is 7.89. The third kappa shape index (κ3) is 2.37. The Morgan fingerprint density at radius 3 is 2.14 bits per heavy atom. The Balaban J connectivity index is 2.15. The van der Waals surface area contributed by atoms with Crippen LogP contribution in [0.4, 0.5) is 0 Å². The normalized spacial score (nSPS) is 24.2. The van der Waals surface area contributed by atoms with Gasteiger partial charge in [-0.2, -0.15) is 0 Å². The van der Waals surface area contributed by atoms with E-state index < -0.39 is 18.1 Å². The summed E-state index contributed by atoms with van der Waals surface area (Å²) in [5.41, 5.74) is -0.0600. The summed E-state index contributed by atoms with van der Waals surface area (Å²) in [4.78, 5) is 5.57. The van der Waals surface area contributed by atoms with Crippen molar-refractivity contribution in [3.63, 3.8) is 0 Å². The van der Waals surface area contributed by atoms with Crippen molar-refractivity contribution in [1.82, 2.24) is 0 Å². The lowest BCUT2D eigenvalue weighted by Gasteiger charge is -2.27. The molecule has 2 aromatic rings. The number of primary sulfonamides is 1. The SMILES string of the molecule is CC1ON=C[Si]1(c1ccccc1)c1ccc(S(N)(=O)=O)cc1. The van der Waals surface area contributed by atoms with Crippen LogP contribution in [-0.4, -0.2) is 28.1 Å². The van der Waals surface area contributed by atoms with Crippen LogP contribution in [0.5, 0.6) is 0 Å². The Labute approximate surface area is 130 Å². The number of rotatable bonds is 3. The first-order valence-corrected chi connectivity index (χ1v) is 10.5. The molecule has 2 atom stereocenters. The van der Waals surface area contributed by atoms with Crippen molar-refractivity contribution in [2.75, 3.05) is 0 Å². The number of oxime groups is 1. The van der Waals surface area contributed by atoms with Gasteiger partial charge in [0.05, 0.1) is 4.90 Å². The summed E-state index contributed by atoms with van der Waals surface area (Å²) in [6.45, 7) is 2.00. The van der Waals surface area contributed by atoms with Gasteiger partial charge in [-0.25, -0.2) is 13.6 Å². The first-order valence-electron chi connectivity index (χ1n) is 6.84. The highest BCUT2D eigenvalue weighted by Crippen LogP contribution is 2.18. The highest BCUT2D eigenvalue weighted by Gasteiger charge is 2.47. The van der Waals surface area contributed by atoms with Crippen LogP contribution in [0.2, 0.25) is 0 Å². The number of sulfonamides is 1. The number of nitrogens with zero attached hydrogens (tertiary/aromatic N) is 1. The number of nitrogens with two attached hydrogens (primary N) is 1. The summed E-state index contributed by atoms with van der Waals surface area (Å²) in [6.07, 6.45) is 0. The highest BCUT2D eigenvalue weighted by atomic mass is 32.2. The Morgan fingerprint density at radius 1 is 1.05 bits per heavy atom. The summed E-state index contributed by atoms with van der Waals surface area (Å²) in [5, 5.41) is 11.4. The zero-order valence-electron chi connectivity index (χ0n) is 12.0. The van der Waals surface area contributed by atoms with Gasteiger partial charge in [0.2, 0.25) is 18.1 Å². The second kappa shape index (κ2) is 5.35. The quantitative estimate of drug-likeness (QED) is 0.825. The predicted molar refractivity (Wildman–Crippen MR) is 88.3 cm³/mol. The van der Waals surface area contributed by atoms with E-state index in [-0.39, 0.29) is 10.6 Å². The molecule has 3 rings (SSSR count). The van der Waals surface area contributed by atoms with Gasteiger partial charge < -0.3 is 4.84 Å². The van der Waals surface area contributed by atoms with E-state index in [2.05, 4.69) is 17.3 Å². The first kappa shape index (κ1) is 15.0. The van der Waals surface area contributed by atoms with Gasteiger partial charge in [-0.3, -0.25) is 0 Å². The van der Waals surface area contributed by atoms with Crippen LogP contribution in [0.15, 0.2) is 64.6 Å². The van der Waals surface area contributed by atoms with Crippen LogP contribution in [0.25, 0.3) is 0 Å². The molecule has 2 aromatic carbocycles. The van der Waals surface area contributed by atoms with Crippen molar-refractivity contribution < 1.29 is 13.3 Å². The molecular weight excluding hydrogens is 316 g/mol. The molecule has 22 heavy (non-hydrogen) atoms. The van der Waals surface area contributed by atoms with E-state index in [9.17, 15) is 8.42 Å². The van der Waals surface area contributed by atoms with Gasteiger partial charge in [-0.05, 0) is 29.4 Å². The summed E-state index contributed by atoms with van der Waals surface area (Å²) in [6, 6.07) is 16.8. The van der Waals surface area contributed by atoms with Gasteiger partial charge in [-0.1, -0.05) is 42.5 Å². The van der Waals surface area contributed by atoms with Gasteiger partial charge >= 0.3 is 0 Å². The van der Waals surface area contributed by atoms with E-state index in [1.165, 1.54) is 5.19 Å². The van der Waals surface area contributed by atoms with Crippen molar-refractivity contribution >= 4 is 34.3 Å². The minimum Gasteiger partial charge on any atom is -0.396 e. The van der Waals surface area contributed by atoms with Crippen molar-refractivity contribution in [1.29, 1.82) is 0 Å². The lowest BCUT2D eigenvalue weighted by molar-refractivity contribution is 0.134. The molecule has 7 heteroatoms. The lowest BCUT2D eigenvalue weighted by atomic mass is 10.4. The predicted octanol–water partition coefficient (Wildman–Crippen LogP) is 0.380. The van der Waals surface area contributed by atoms with Gasteiger partial charge in [0.25, 0.3) is 0 Å². The second-order valence-electron chi connectivity index (χ2n) is 5.29. The maximum absolute atomic E-state index is 11.4. The van der Waals surface area contributed by atoms with E-state index >= 15 is 0 Å². The molecule has 2 unspecified atom stereocenters. The molecule has 1 heterocycles. The summed E-state index contributed by atoms with van der Waals surface area (Å²) < 4.78 is 22.8. The van der Waals surface area contributed by atoms with Crippen LogP contribution >= 0.6 is 0 Å². The standard InChI is InChI=1S/C15H16N2O3SSi/c1-12-20-17-11-22(12,14-5-3-2-4-6-14)15-9-7-13(8-10-15)21(16,18)19/h2-12H,1H3,(H2,16,18,19). The largest absolute Gasteiger partial charge is 0.396 e. The number of hydrogen-bond acceptors (Lipinski definition) is 4. The van der Waals surface area contributed by atoms with Crippen LogP contribution in [-0.2, 0) is 14.9 Å². The van der Waals surface area contributed by atoms with E-state index in [1.54, 1.807) is 12.1 Å². The van der Waals surface area contributed by atoms with E-state index in [0.717, 1.165) is 5.19 Å². The maximum Gasteiger partial charge on any atom is 0.238 e. The molecule has 0 spiro atoms. The second-order valence-corrected chi connectivity index (χ2v) is 10.8. The summed E-state index contributed by atoms with van der Waals surface area (Å²) in [7, 11) is -6.01. The molecule has 1 aliphatic heterocycles. The zero-order chi connectivity index (χ0) is 15.8. The molecular formula is C15H16N2O3SSi. The topological polar surface area (TPSA) is 81.8 Å². The molecule has 5 nitrogen and oxygen atoms in total. The lowest BCUT2D eigenvalue weighted by Crippen LogP contribution is -2.65. The fraction of sp³-hybridized carbons (Fsp3) is 0.133. The molecule has 0 aromatic heterocycles. The smallest absolute Gasteiger partial charge is 0.238 e. The number of benzene rings is 2. The molecule has 2 N–H and O–H groups in total. The Morgan fingerprint density at radius 2 is 1.64 bits per heavy atom. The van der Waals surface area contributed by atoms with Crippen molar-refractivity contribution in [2.45, 2.75) is 17.5 Å². The Hall–Kier alpha value is -1.96. The summed E-state index contributed by atoms with van der Waals surface area (Å²) >= 11 is 0. The minimum absolute atomic E-state index is 0.0600. The fourth-order valence-electron chi connectivity index (χ4n) is 2.81. The molecule has 0 aliphatic carbocycles. The van der Waals surface area contributed by atoms with Crippen molar-refractivity contribution in [3.8, 4) is 0 Å². The summed E-state index contributed by atoms with van der Waals surface area (Å²) in [5.74, 6) is 1.90. The fourth-order valence-corrected chi connectivity index (χ4v) is 7.02. The first-order chi connectivity index (χ1) is 10.4. The van der Waals surface area contributed by atoms with Crippen molar-refractivity contribution in [3.05, 3.63) is 54.6 Å². The molecule has 114 valence electrons. The third-order valence-electron chi connectivity index (χ3n) is 4.03. The number of hydrogen-bond donors (Lipinski definition) is 1. The zero-order valence-corrected chi connectivity index (χ0v) is 13.8. The van der Waals surface area contributed by atoms with E-state index in [0.29, 0.717) is 0 Å². The van der Waals surface area contributed by atoms with Gasteiger partial charge in [0, 0.05) is 5.84 Å². The molecule has 0 fully saturated rings. The van der Waals surface area contributed by atoms with Gasteiger partial charge in [-0.15, -0.1) is 5.16 Å². The average Bonchev–Trinajstić information content (AvgIpc) is 2.90. The molecule has 1 aliphatic rings. The van der Waals surface area contributed by atoms with E-state index in [4.69, 9.17) is 9.98 Å².